The van der Waals surface area contributed by atoms with Crippen LogP contribution in [0.25, 0.3) is 0 Å². The van der Waals surface area contributed by atoms with Crippen molar-refractivity contribution in [2.45, 2.75) is 52.0 Å². The first kappa shape index (κ1) is 24.3. The SMILES string of the molecule is CCCNC(=O)C(CC)N(Cc1ccccc1C)C(=O)CSCc1cccc(Cl)c1. The summed E-state index contributed by atoms with van der Waals surface area (Å²) in [5.74, 6) is 0.907. The number of amides is 2. The Kier molecular flexibility index (Phi) is 10.2. The van der Waals surface area contributed by atoms with E-state index in [1.165, 1.54) is 0 Å². The third kappa shape index (κ3) is 7.37. The molecule has 0 radical (unpaired) electrons. The molecule has 0 aromatic heterocycles. The number of rotatable bonds is 11. The van der Waals surface area contributed by atoms with Crippen molar-refractivity contribution in [1.29, 1.82) is 0 Å². The summed E-state index contributed by atoms with van der Waals surface area (Å²) in [5.41, 5.74) is 3.26. The number of hydrogen-bond donors (Lipinski definition) is 1. The highest BCUT2D eigenvalue weighted by Gasteiger charge is 2.28. The Morgan fingerprint density at radius 1 is 1.13 bits per heavy atom. The Morgan fingerprint density at radius 2 is 1.90 bits per heavy atom. The summed E-state index contributed by atoms with van der Waals surface area (Å²) in [6.45, 7) is 7.05. The normalized spacial score (nSPS) is 11.7. The smallest absolute Gasteiger partial charge is 0.242 e. The van der Waals surface area contributed by atoms with Gasteiger partial charge in [-0.15, -0.1) is 11.8 Å². The molecule has 0 fully saturated rings. The third-order valence-corrected chi connectivity index (χ3v) is 6.14. The van der Waals surface area contributed by atoms with E-state index in [1.807, 2.05) is 69.3 Å². The number of benzene rings is 2. The van der Waals surface area contributed by atoms with Gasteiger partial charge < -0.3 is 10.2 Å². The van der Waals surface area contributed by atoms with Gasteiger partial charge in [-0.1, -0.05) is 61.8 Å². The standard InChI is InChI=1S/C24H31ClN2O2S/c1-4-13-26-24(29)22(5-2)27(15-20-11-7-6-9-18(20)3)23(28)17-30-16-19-10-8-12-21(25)14-19/h6-12,14,22H,4-5,13,15-17H2,1-3H3,(H,26,29). The van der Waals surface area contributed by atoms with E-state index in [1.54, 1.807) is 16.7 Å². The molecule has 0 saturated heterocycles. The highest BCUT2D eigenvalue weighted by molar-refractivity contribution is 7.99. The Hall–Kier alpha value is -1.98. The van der Waals surface area contributed by atoms with Crippen LogP contribution in [-0.4, -0.2) is 35.1 Å². The van der Waals surface area contributed by atoms with Gasteiger partial charge >= 0.3 is 0 Å². The number of nitrogens with one attached hydrogen (secondary N) is 1. The predicted octanol–water partition coefficient (Wildman–Crippen LogP) is 5.22. The molecule has 0 saturated carbocycles. The van der Waals surface area contributed by atoms with Crippen molar-refractivity contribution in [3.63, 3.8) is 0 Å². The lowest BCUT2D eigenvalue weighted by Crippen LogP contribution is -2.49. The number of halogens is 1. The first-order valence-electron chi connectivity index (χ1n) is 10.4. The Balaban J connectivity index is 2.12. The lowest BCUT2D eigenvalue weighted by atomic mass is 10.1. The number of aryl methyl sites for hydroxylation is 1. The summed E-state index contributed by atoms with van der Waals surface area (Å²) in [7, 11) is 0. The third-order valence-electron chi connectivity index (χ3n) is 4.92. The van der Waals surface area contributed by atoms with Crippen molar-refractivity contribution in [3.8, 4) is 0 Å². The van der Waals surface area contributed by atoms with Crippen LogP contribution in [0.1, 0.15) is 43.4 Å². The number of carbonyl (C=O) groups is 2. The van der Waals surface area contributed by atoms with Gasteiger partial charge in [0, 0.05) is 23.9 Å². The minimum atomic E-state index is -0.476. The molecular formula is C24H31ClN2O2S. The highest BCUT2D eigenvalue weighted by atomic mass is 35.5. The number of thioether (sulfide) groups is 1. The lowest BCUT2D eigenvalue weighted by Gasteiger charge is -2.31. The van der Waals surface area contributed by atoms with Crippen molar-refractivity contribution in [3.05, 3.63) is 70.2 Å². The molecule has 1 unspecified atom stereocenters. The fourth-order valence-corrected chi connectivity index (χ4v) is 4.29. The first-order valence-corrected chi connectivity index (χ1v) is 11.9. The first-order chi connectivity index (χ1) is 14.5. The van der Waals surface area contributed by atoms with Crippen LogP contribution in [-0.2, 0) is 21.9 Å². The molecule has 6 heteroatoms. The van der Waals surface area contributed by atoms with Crippen molar-refractivity contribution in [2.75, 3.05) is 12.3 Å². The topological polar surface area (TPSA) is 49.4 Å². The number of hydrogen-bond acceptors (Lipinski definition) is 3. The Labute approximate surface area is 189 Å². The maximum Gasteiger partial charge on any atom is 0.242 e. The molecule has 2 amide bonds. The van der Waals surface area contributed by atoms with Crippen LogP contribution < -0.4 is 5.32 Å². The number of nitrogens with zero attached hydrogens (tertiary/aromatic N) is 1. The van der Waals surface area contributed by atoms with Gasteiger partial charge in [0.2, 0.25) is 11.8 Å². The van der Waals surface area contributed by atoms with Crippen molar-refractivity contribution >= 4 is 35.2 Å². The summed E-state index contributed by atoms with van der Waals surface area (Å²) in [6, 6.07) is 15.2. The van der Waals surface area contributed by atoms with Gasteiger partial charge in [-0.3, -0.25) is 9.59 Å². The second kappa shape index (κ2) is 12.7. The van der Waals surface area contributed by atoms with Crippen molar-refractivity contribution in [2.24, 2.45) is 0 Å². The molecule has 2 rings (SSSR count). The largest absolute Gasteiger partial charge is 0.354 e. The fraction of sp³-hybridized carbons (Fsp3) is 0.417. The molecule has 30 heavy (non-hydrogen) atoms. The lowest BCUT2D eigenvalue weighted by molar-refractivity contribution is -0.139. The Bertz CT molecular complexity index is 843. The van der Waals surface area contributed by atoms with E-state index in [9.17, 15) is 9.59 Å². The van der Waals surface area contributed by atoms with E-state index in [0.717, 1.165) is 23.1 Å². The van der Waals surface area contributed by atoms with E-state index >= 15 is 0 Å². The molecule has 2 aromatic rings. The maximum absolute atomic E-state index is 13.2. The van der Waals surface area contributed by atoms with Crippen LogP contribution in [0, 0.1) is 6.92 Å². The maximum atomic E-state index is 13.2. The van der Waals surface area contributed by atoms with Gasteiger partial charge in [0.1, 0.15) is 6.04 Å². The summed E-state index contributed by atoms with van der Waals surface area (Å²) in [6.07, 6.45) is 1.44. The average molecular weight is 447 g/mol. The molecule has 0 bridgehead atoms. The molecular weight excluding hydrogens is 416 g/mol. The summed E-state index contributed by atoms with van der Waals surface area (Å²) >= 11 is 7.59. The average Bonchev–Trinajstić information content (AvgIpc) is 2.73. The quantitative estimate of drug-likeness (QED) is 0.515. The molecule has 0 spiro atoms. The fourth-order valence-electron chi connectivity index (χ4n) is 3.22. The summed E-state index contributed by atoms with van der Waals surface area (Å²) in [5, 5.41) is 3.65. The van der Waals surface area contributed by atoms with Crippen LogP contribution in [0.2, 0.25) is 5.02 Å². The van der Waals surface area contributed by atoms with E-state index < -0.39 is 6.04 Å². The molecule has 0 aliphatic heterocycles. The van der Waals surface area contributed by atoms with Gasteiger partial charge in [-0.25, -0.2) is 0 Å². The zero-order chi connectivity index (χ0) is 21.9. The molecule has 162 valence electrons. The van der Waals surface area contributed by atoms with Crippen molar-refractivity contribution < 1.29 is 9.59 Å². The van der Waals surface area contributed by atoms with E-state index in [4.69, 9.17) is 11.6 Å². The predicted molar refractivity (Wildman–Crippen MR) is 127 cm³/mol. The molecule has 1 atom stereocenters. The zero-order valence-corrected chi connectivity index (χ0v) is 19.6. The molecule has 1 N–H and O–H groups in total. The van der Waals surface area contributed by atoms with E-state index in [0.29, 0.717) is 36.0 Å². The van der Waals surface area contributed by atoms with Crippen LogP contribution in [0.15, 0.2) is 48.5 Å². The highest BCUT2D eigenvalue weighted by Crippen LogP contribution is 2.20. The van der Waals surface area contributed by atoms with Gasteiger partial charge in [-0.05, 0) is 48.6 Å². The second-order valence-corrected chi connectivity index (χ2v) is 8.71. The van der Waals surface area contributed by atoms with E-state index in [-0.39, 0.29) is 11.8 Å². The van der Waals surface area contributed by atoms with Gasteiger partial charge in [0.25, 0.3) is 0 Å². The van der Waals surface area contributed by atoms with Crippen LogP contribution in [0.4, 0.5) is 0 Å². The second-order valence-electron chi connectivity index (χ2n) is 7.29. The number of carbonyl (C=O) groups excluding carboxylic acids is 2. The molecule has 0 aliphatic rings. The van der Waals surface area contributed by atoms with Gasteiger partial charge in [0.05, 0.1) is 5.75 Å². The van der Waals surface area contributed by atoms with Crippen LogP contribution >= 0.6 is 23.4 Å². The summed E-state index contributed by atoms with van der Waals surface area (Å²) in [4.78, 5) is 27.7. The molecule has 0 heterocycles. The minimum Gasteiger partial charge on any atom is -0.354 e. The summed E-state index contributed by atoms with van der Waals surface area (Å²) < 4.78 is 0. The Morgan fingerprint density at radius 3 is 2.57 bits per heavy atom. The molecule has 4 nitrogen and oxygen atoms in total. The zero-order valence-electron chi connectivity index (χ0n) is 18.0. The monoisotopic (exact) mass is 446 g/mol. The van der Waals surface area contributed by atoms with Gasteiger partial charge in [-0.2, -0.15) is 0 Å². The van der Waals surface area contributed by atoms with Crippen LogP contribution in [0.3, 0.4) is 0 Å². The minimum absolute atomic E-state index is 0.0243. The molecule has 0 aliphatic carbocycles. The van der Waals surface area contributed by atoms with Gasteiger partial charge in [0.15, 0.2) is 0 Å². The van der Waals surface area contributed by atoms with E-state index in [2.05, 4.69) is 5.32 Å². The molecule has 2 aromatic carbocycles. The van der Waals surface area contributed by atoms with Crippen molar-refractivity contribution in [1.82, 2.24) is 10.2 Å². The van der Waals surface area contributed by atoms with Crippen LogP contribution in [0.5, 0.6) is 0 Å².